The Hall–Kier alpha value is -3.29. The highest BCUT2D eigenvalue weighted by molar-refractivity contribution is 7.99. The zero-order valence-corrected chi connectivity index (χ0v) is 19.9. The monoisotopic (exact) mass is 475 g/mol. The highest BCUT2D eigenvalue weighted by Crippen LogP contribution is 2.20. The van der Waals surface area contributed by atoms with Gasteiger partial charge in [0, 0.05) is 42.4 Å². The number of hydrogen-bond acceptors (Lipinski definition) is 5. The maximum Gasteiger partial charge on any atom is 0.255 e. The second kappa shape index (κ2) is 11.7. The summed E-state index contributed by atoms with van der Waals surface area (Å²) in [5.74, 6) is 2.14. The number of nitrogens with one attached hydrogen (secondary N) is 1. The SMILES string of the molecule is NC(=O)c1ccccc1OCc1cccc(C(=O)Nc2ccc(CCN3CCSCC3)cc2)c1. The molecule has 3 N–H and O–H groups in total. The van der Waals surface area contributed by atoms with Gasteiger partial charge in [0.1, 0.15) is 12.4 Å². The quantitative estimate of drug-likeness (QED) is 0.484. The van der Waals surface area contributed by atoms with Crippen molar-refractivity contribution >= 4 is 29.3 Å². The van der Waals surface area contributed by atoms with Crippen molar-refractivity contribution in [1.29, 1.82) is 0 Å². The van der Waals surface area contributed by atoms with Gasteiger partial charge >= 0.3 is 0 Å². The van der Waals surface area contributed by atoms with Crippen molar-refractivity contribution in [1.82, 2.24) is 4.90 Å². The summed E-state index contributed by atoms with van der Waals surface area (Å²) in [6.45, 7) is 3.63. The molecule has 1 fully saturated rings. The number of ether oxygens (including phenoxy) is 1. The van der Waals surface area contributed by atoms with Gasteiger partial charge in [-0.3, -0.25) is 9.59 Å². The summed E-state index contributed by atoms with van der Waals surface area (Å²) in [5.41, 5.74) is 9.12. The van der Waals surface area contributed by atoms with Crippen LogP contribution in [0.2, 0.25) is 0 Å². The molecule has 0 aliphatic carbocycles. The van der Waals surface area contributed by atoms with Crippen molar-refractivity contribution in [3.8, 4) is 5.75 Å². The van der Waals surface area contributed by atoms with Gasteiger partial charge in [-0.25, -0.2) is 0 Å². The van der Waals surface area contributed by atoms with E-state index in [2.05, 4.69) is 22.3 Å². The van der Waals surface area contributed by atoms with E-state index in [4.69, 9.17) is 10.5 Å². The molecule has 6 nitrogen and oxygen atoms in total. The van der Waals surface area contributed by atoms with Gasteiger partial charge < -0.3 is 20.7 Å². The van der Waals surface area contributed by atoms with E-state index in [0.29, 0.717) is 16.9 Å². The lowest BCUT2D eigenvalue weighted by Crippen LogP contribution is -2.34. The molecule has 0 atom stereocenters. The van der Waals surface area contributed by atoms with Gasteiger partial charge in [-0.15, -0.1) is 0 Å². The number of para-hydroxylation sites is 1. The maximum atomic E-state index is 12.8. The molecule has 0 spiro atoms. The van der Waals surface area contributed by atoms with Crippen molar-refractivity contribution < 1.29 is 14.3 Å². The molecular formula is C27H29N3O3S. The van der Waals surface area contributed by atoms with Crippen LogP contribution in [0, 0.1) is 0 Å². The zero-order chi connectivity index (χ0) is 23.8. The van der Waals surface area contributed by atoms with Crippen LogP contribution in [0.4, 0.5) is 5.69 Å². The van der Waals surface area contributed by atoms with Crippen LogP contribution < -0.4 is 15.8 Å². The molecule has 0 bridgehead atoms. The number of thioether (sulfide) groups is 1. The summed E-state index contributed by atoms with van der Waals surface area (Å²) < 4.78 is 5.78. The number of nitrogens with two attached hydrogens (primary N) is 1. The van der Waals surface area contributed by atoms with E-state index in [9.17, 15) is 9.59 Å². The first kappa shape index (κ1) is 23.9. The second-order valence-corrected chi connectivity index (χ2v) is 9.43. The largest absolute Gasteiger partial charge is 0.488 e. The highest BCUT2D eigenvalue weighted by atomic mass is 32.2. The van der Waals surface area contributed by atoms with E-state index >= 15 is 0 Å². The summed E-state index contributed by atoms with van der Waals surface area (Å²) in [7, 11) is 0. The van der Waals surface area contributed by atoms with Crippen LogP contribution in [-0.4, -0.2) is 47.9 Å². The number of benzene rings is 3. The third-order valence-corrected chi connectivity index (χ3v) is 6.71. The van der Waals surface area contributed by atoms with Gasteiger partial charge in [0.15, 0.2) is 0 Å². The van der Waals surface area contributed by atoms with Gasteiger partial charge in [-0.1, -0.05) is 36.4 Å². The molecule has 0 aromatic heterocycles. The van der Waals surface area contributed by atoms with Crippen molar-refractivity contribution in [3.05, 3.63) is 95.1 Å². The lowest BCUT2D eigenvalue weighted by atomic mass is 10.1. The van der Waals surface area contributed by atoms with Crippen molar-refractivity contribution in [2.75, 3.05) is 36.5 Å². The molecule has 0 unspecified atom stereocenters. The molecule has 3 aromatic carbocycles. The van der Waals surface area contributed by atoms with Crippen molar-refractivity contribution in [2.24, 2.45) is 5.73 Å². The first-order chi connectivity index (χ1) is 16.6. The van der Waals surface area contributed by atoms with Crippen LogP contribution in [0.25, 0.3) is 0 Å². The van der Waals surface area contributed by atoms with Crippen LogP contribution in [0.3, 0.4) is 0 Å². The minimum Gasteiger partial charge on any atom is -0.488 e. The summed E-state index contributed by atoms with van der Waals surface area (Å²) >= 11 is 2.02. The molecule has 0 radical (unpaired) electrons. The molecule has 1 aliphatic heterocycles. The lowest BCUT2D eigenvalue weighted by molar-refractivity contribution is 0.0994. The normalized spacial score (nSPS) is 13.9. The minimum atomic E-state index is -0.541. The zero-order valence-electron chi connectivity index (χ0n) is 19.0. The Morgan fingerprint density at radius 2 is 1.71 bits per heavy atom. The number of primary amides is 1. The second-order valence-electron chi connectivity index (χ2n) is 8.20. The first-order valence-electron chi connectivity index (χ1n) is 11.4. The molecule has 1 saturated heterocycles. The standard InChI is InChI=1S/C27H29N3O3S/c28-26(31)24-6-1-2-7-25(24)33-19-21-4-3-5-22(18-21)27(32)29-23-10-8-20(9-11-23)12-13-30-14-16-34-17-15-30/h1-11,18H,12-17,19H2,(H2,28,31)(H,29,32). The highest BCUT2D eigenvalue weighted by Gasteiger charge is 2.12. The number of carbonyl (C=O) groups excluding carboxylic acids is 2. The summed E-state index contributed by atoms with van der Waals surface area (Å²) in [5, 5.41) is 2.96. The number of amides is 2. The van der Waals surface area contributed by atoms with E-state index in [1.165, 1.54) is 30.2 Å². The van der Waals surface area contributed by atoms with Crippen LogP contribution in [0.1, 0.15) is 31.8 Å². The van der Waals surface area contributed by atoms with Gasteiger partial charge in [0.25, 0.3) is 11.8 Å². The predicted molar refractivity (Wildman–Crippen MR) is 138 cm³/mol. The van der Waals surface area contributed by atoms with E-state index in [-0.39, 0.29) is 12.5 Å². The molecule has 4 rings (SSSR count). The van der Waals surface area contributed by atoms with Gasteiger partial charge in [-0.05, 0) is 53.9 Å². The summed E-state index contributed by atoms with van der Waals surface area (Å²) in [6.07, 6.45) is 1.01. The number of carbonyl (C=O) groups is 2. The fourth-order valence-corrected chi connectivity index (χ4v) is 4.81. The minimum absolute atomic E-state index is 0.182. The fraction of sp³-hybridized carbons (Fsp3) is 0.259. The van der Waals surface area contributed by atoms with Crippen LogP contribution in [0.15, 0.2) is 72.8 Å². The molecule has 3 aromatic rings. The van der Waals surface area contributed by atoms with Crippen LogP contribution >= 0.6 is 11.8 Å². The molecule has 1 aliphatic rings. The fourth-order valence-electron chi connectivity index (χ4n) is 3.83. The summed E-state index contributed by atoms with van der Waals surface area (Å²) in [6, 6.07) is 22.1. The average Bonchev–Trinajstić information content (AvgIpc) is 2.88. The Kier molecular flexibility index (Phi) is 8.22. The Morgan fingerprint density at radius 3 is 2.47 bits per heavy atom. The van der Waals surface area contributed by atoms with Crippen molar-refractivity contribution in [3.63, 3.8) is 0 Å². The number of anilines is 1. The number of nitrogens with zero attached hydrogens (tertiary/aromatic N) is 1. The van der Waals surface area contributed by atoms with Gasteiger partial charge in [0.05, 0.1) is 5.56 Å². The molecule has 176 valence electrons. The number of hydrogen-bond donors (Lipinski definition) is 2. The summed E-state index contributed by atoms with van der Waals surface area (Å²) in [4.78, 5) is 26.9. The Balaban J connectivity index is 1.32. The van der Waals surface area contributed by atoms with E-state index < -0.39 is 5.91 Å². The first-order valence-corrected chi connectivity index (χ1v) is 12.5. The average molecular weight is 476 g/mol. The van der Waals surface area contributed by atoms with E-state index in [1.54, 1.807) is 36.4 Å². The molecular weight excluding hydrogens is 446 g/mol. The van der Waals surface area contributed by atoms with Gasteiger partial charge in [-0.2, -0.15) is 11.8 Å². The molecule has 7 heteroatoms. The smallest absolute Gasteiger partial charge is 0.255 e. The molecule has 0 saturated carbocycles. The Bertz CT molecular complexity index is 1130. The van der Waals surface area contributed by atoms with Crippen LogP contribution in [-0.2, 0) is 13.0 Å². The Morgan fingerprint density at radius 1 is 0.941 bits per heavy atom. The van der Waals surface area contributed by atoms with Crippen LogP contribution in [0.5, 0.6) is 5.75 Å². The van der Waals surface area contributed by atoms with E-state index in [1.807, 2.05) is 36.0 Å². The lowest BCUT2D eigenvalue weighted by Gasteiger charge is -2.26. The third kappa shape index (κ3) is 6.62. The Labute approximate surface area is 204 Å². The predicted octanol–water partition coefficient (Wildman–Crippen LogP) is 4.21. The molecule has 34 heavy (non-hydrogen) atoms. The van der Waals surface area contributed by atoms with Crippen molar-refractivity contribution in [2.45, 2.75) is 13.0 Å². The topological polar surface area (TPSA) is 84.7 Å². The third-order valence-electron chi connectivity index (χ3n) is 5.77. The number of rotatable bonds is 9. The molecule has 2 amide bonds. The molecule has 1 heterocycles. The maximum absolute atomic E-state index is 12.8. The van der Waals surface area contributed by atoms with E-state index in [0.717, 1.165) is 24.2 Å². The van der Waals surface area contributed by atoms with Gasteiger partial charge in [0.2, 0.25) is 0 Å².